The number of aryl methyl sites for hydroxylation is 1. The largest absolute Gasteiger partial charge is 0.480 e. The zero-order chi connectivity index (χ0) is 13.8. The fourth-order valence-corrected chi connectivity index (χ4v) is 1.76. The summed E-state index contributed by atoms with van der Waals surface area (Å²) in [4.78, 5) is 10.3. The normalized spacial score (nSPS) is 10.6. The van der Waals surface area contributed by atoms with Crippen molar-refractivity contribution in [3.63, 3.8) is 0 Å². The lowest BCUT2D eigenvalue weighted by Gasteiger charge is -2.00. The van der Waals surface area contributed by atoms with Gasteiger partial charge < -0.3 is 14.3 Å². The van der Waals surface area contributed by atoms with Crippen LogP contribution in [0.15, 0.2) is 22.6 Å². The van der Waals surface area contributed by atoms with Crippen LogP contribution in [0.25, 0.3) is 11.5 Å². The van der Waals surface area contributed by atoms with E-state index in [4.69, 9.17) is 25.9 Å². The molecule has 1 aromatic heterocycles. The van der Waals surface area contributed by atoms with Crippen molar-refractivity contribution in [2.24, 2.45) is 0 Å². The maximum Gasteiger partial charge on any atom is 0.329 e. The average Bonchev–Trinajstić information content (AvgIpc) is 2.77. The fourth-order valence-electron chi connectivity index (χ4n) is 1.44. The van der Waals surface area contributed by atoms with Crippen molar-refractivity contribution in [1.82, 2.24) is 10.2 Å². The Hall–Kier alpha value is -1.92. The number of rotatable bonds is 5. The maximum absolute atomic E-state index is 10.3. The van der Waals surface area contributed by atoms with Crippen molar-refractivity contribution in [3.05, 3.63) is 34.7 Å². The number of ether oxygens (including phenoxy) is 1. The standard InChI is InChI=1S/C12H11ClN2O4/c1-7-2-3-8(9(13)4-7)12-15-14-10(19-12)5-18-6-11(16)17/h2-4H,5-6H2,1H3,(H,16,17). The van der Waals surface area contributed by atoms with Crippen molar-refractivity contribution < 1.29 is 19.1 Å². The summed E-state index contributed by atoms with van der Waals surface area (Å²) in [6.45, 7) is 1.46. The third-order valence-corrected chi connectivity index (χ3v) is 2.59. The number of aromatic nitrogens is 2. The van der Waals surface area contributed by atoms with Gasteiger partial charge in [0, 0.05) is 0 Å². The molecule has 0 aliphatic rings. The van der Waals surface area contributed by atoms with E-state index >= 15 is 0 Å². The van der Waals surface area contributed by atoms with Gasteiger partial charge >= 0.3 is 5.97 Å². The van der Waals surface area contributed by atoms with Crippen molar-refractivity contribution in [2.75, 3.05) is 6.61 Å². The van der Waals surface area contributed by atoms with E-state index < -0.39 is 12.6 Å². The lowest BCUT2D eigenvalue weighted by Crippen LogP contribution is -2.06. The van der Waals surface area contributed by atoms with Crippen molar-refractivity contribution >= 4 is 17.6 Å². The number of hydrogen-bond acceptors (Lipinski definition) is 5. The summed E-state index contributed by atoms with van der Waals surface area (Å²) in [5.41, 5.74) is 1.66. The summed E-state index contributed by atoms with van der Waals surface area (Å²) in [5.74, 6) is -0.576. The second kappa shape index (κ2) is 5.81. The first kappa shape index (κ1) is 13.5. The third-order valence-electron chi connectivity index (χ3n) is 2.27. The van der Waals surface area contributed by atoms with Gasteiger partial charge in [-0.1, -0.05) is 17.7 Å². The van der Waals surface area contributed by atoms with Crippen LogP contribution in [-0.4, -0.2) is 27.9 Å². The number of benzene rings is 1. The number of carboxylic acid groups (broad SMARTS) is 1. The molecule has 1 aromatic carbocycles. The van der Waals surface area contributed by atoms with Gasteiger partial charge in [0.2, 0.25) is 11.8 Å². The molecule has 2 aromatic rings. The van der Waals surface area contributed by atoms with Crippen LogP contribution in [0, 0.1) is 6.92 Å². The maximum atomic E-state index is 10.3. The zero-order valence-electron chi connectivity index (χ0n) is 10.1. The molecule has 0 fully saturated rings. The van der Waals surface area contributed by atoms with Gasteiger partial charge in [0.1, 0.15) is 13.2 Å². The molecule has 0 unspecified atom stereocenters. The second-order valence-corrected chi connectivity index (χ2v) is 4.28. The van der Waals surface area contributed by atoms with Crippen molar-refractivity contribution in [3.8, 4) is 11.5 Å². The lowest BCUT2D eigenvalue weighted by atomic mass is 10.1. The van der Waals surface area contributed by atoms with Gasteiger partial charge in [0.25, 0.3) is 0 Å². The number of nitrogens with zero attached hydrogens (tertiary/aromatic N) is 2. The predicted octanol–water partition coefficient (Wildman–Crippen LogP) is 2.30. The van der Waals surface area contributed by atoms with Crippen LogP contribution in [0.1, 0.15) is 11.5 Å². The third kappa shape index (κ3) is 3.52. The molecule has 0 bridgehead atoms. The molecule has 0 aliphatic heterocycles. The highest BCUT2D eigenvalue weighted by molar-refractivity contribution is 6.33. The van der Waals surface area contributed by atoms with Crippen LogP contribution < -0.4 is 0 Å². The van der Waals surface area contributed by atoms with E-state index in [1.54, 1.807) is 12.1 Å². The molecular weight excluding hydrogens is 272 g/mol. The van der Waals surface area contributed by atoms with E-state index in [0.717, 1.165) is 5.56 Å². The molecule has 2 rings (SSSR count). The van der Waals surface area contributed by atoms with E-state index in [9.17, 15) is 4.79 Å². The molecule has 100 valence electrons. The molecule has 19 heavy (non-hydrogen) atoms. The molecule has 0 amide bonds. The average molecular weight is 283 g/mol. The molecule has 0 atom stereocenters. The molecule has 1 heterocycles. The first-order valence-corrected chi connectivity index (χ1v) is 5.82. The van der Waals surface area contributed by atoms with E-state index in [0.29, 0.717) is 10.6 Å². The highest BCUT2D eigenvalue weighted by Crippen LogP contribution is 2.27. The monoisotopic (exact) mass is 282 g/mol. The molecule has 0 spiro atoms. The topological polar surface area (TPSA) is 85.5 Å². The Balaban J connectivity index is 2.10. The Bertz CT molecular complexity index is 597. The SMILES string of the molecule is Cc1ccc(-c2nnc(COCC(=O)O)o2)c(Cl)c1. The highest BCUT2D eigenvalue weighted by atomic mass is 35.5. The van der Waals surface area contributed by atoms with Gasteiger partial charge in [0.15, 0.2) is 0 Å². The van der Waals surface area contributed by atoms with Crippen LogP contribution in [0.5, 0.6) is 0 Å². The van der Waals surface area contributed by atoms with Crippen LogP contribution in [0.4, 0.5) is 0 Å². The number of carbonyl (C=O) groups is 1. The van der Waals surface area contributed by atoms with Gasteiger partial charge in [-0.15, -0.1) is 10.2 Å². The Kier molecular flexibility index (Phi) is 4.13. The van der Waals surface area contributed by atoms with E-state index in [1.807, 2.05) is 13.0 Å². The smallest absolute Gasteiger partial charge is 0.329 e. The Morgan fingerprint density at radius 3 is 2.95 bits per heavy atom. The number of halogens is 1. The first-order valence-electron chi connectivity index (χ1n) is 5.44. The lowest BCUT2D eigenvalue weighted by molar-refractivity contribution is -0.142. The predicted molar refractivity (Wildman–Crippen MR) is 66.8 cm³/mol. The van der Waals surface area contributed by atoms with Gasteiger partial charge in [-0.3, -0.25) is 0 Å². The summed E-state index contributed by atoms with van der Waals surface area (Å²) < 4.78 is 10.2. The van der Waals surface area contributed by atoms with Crippen LogP contribution in [0.3, 0.4) is 0 Å². The molecule has 0 saturated carbocycles. The van der Waals surface area contributed by atoms with E-state index in [2.05, 4.69) is 10.2 Å². The van der Waals surface area contributed by atoms with Gasteiger partial charge in [0.05, 0.1) is 10.6 Å². The van der Waals surface area contributed by atoms with Crippen molar-refractivity contribution in [2.45, 2.75) is 13.5 Å². The Labute approximate surface area is 114 Å². The molecular formula is C12H11ClN2O4. The summed E-state index contributed by atoms with van der Waals surface area (Å²) in [5, 5.41) is 16.5. The minimum absolute atomic E-state index is 0.0528. The molecule has 1 N–H and O–H groups in total. The summed E-state index contributed by atoms with van der Waals surface area (Å²) >= 11 is 6.08. The Morgan fingerprint density at radius 2 is 2.26 bits per heavy atom. The molecule has 7 heteroatoms. The van der Waals surface area contributed by atoms with Gasteiger partial charge in [-0.05, 0) is 24.6 Å². The highest BCUT2D eigenvalue weighted by Gasteiger charge is 2.12. The zero-order valence-corrected chi connectivity index (χ0v) is 10.8. The number of hydrogen-bond donors (Lipinski definition) is 1. The van der Waals surface area contributed by atoms with E-state index in [1.165, 1.54) is 0 Å². The molecule has 6 nitrogen and oxygen atoms in total. The minimum atomic E-state index is -1.05. The Morgan fingerprint density at radius 1 is 1.47 bits per heavy atom. The van der Waals surface area contributed by atoms with Crippen LogP contribution >= 0.6 is 11.6 Å². The second-order valence-electron chi connectivity index (χ2n) is 3.87. The van der Waals surface area contributed by atoms with Gasteiger partial charge in [-0.2, -0.15) is 0 Å². The summed E-state index contributed by atoms with van der Waals surface area (Å²) in [6.07, 6.45) is 0. The molecule has 0 radical (unpaired) electrons. The van der Waals surface area contributed by atoms with Gasteiger partial charge in [-0.25, -0.2) is 4.79 Å². The number of carboxylic acids is 1. The summed E-state index contributed by atoms with van der Waals surface area (Å²) in [6, 6.07) is 5.46. The van der Waals surface area contributed by atoms with Crippen LogP contribution in [-0.2, 0) is 16.1 Å². The van der Waals surface area contributed by atoms with Crippen molar-refractivity contribution in [1.29, 1.82) is 0 Å². The summed E-state index contributed by atoms with van der Waals surface area (Å²) in [7, 11) is 0. The minimum Gasteiger partial charge on any atom is -0.480 e. The van der Waals surface area contributed by atoms with E-state index in [-0.39, 0.29) is 18.4 Å². The fraction of sp³-hybridized carbons (Fsp3) is 0.250. The van der Waals surface area contributed by atoms with Crippen LogP contribution in [0.2, 0.25) is 5.02 Å². The molecule has 0 saturated heterocycles. The number of aliphatic carboxylic acids is 1. The first-order chi connectivity index (χ1) is 9.06. The molecule has 0 aliphatic carbocycles. The quantitative estimate of drug-likeness (QED) is 0.905.